The number of nitrogens with zero attached hydrogens (tertiary/aromatic N) is 1. The second-order valence-electron chi connectivity index (χ2n) is 9.15. The summed E-state index contributed by atoms with van der Waals surface area (Å²) in [5.74, 6) is 0. The van der Waals surface area contributed by atoms with Gasteiger partial charge in [0, 0.05) is 12.3 Å². The van der Waals surface area contributed by atoms with Gasteiger partial charge in [-0.15, -0.1) is 0 Å². The summed E-state index contributed by atoms with van der Waals surface area (Å²) in [5, 5.41) is 2.69. The van der Waals surface area contributed by atoms with Crippen molar-refractivity contribution in [2.45, 2.75) is 52.1 Å². The van der Waals surface area contributed by atoms with Crippen LogP contribution in [0.3, 0.4) is 0 Å². The van der Waals surface area contributed by atoms with Gasteiger partial charge in [0.25, 0.3) is 8.32 Å². The Balaban J connectivity index is 1.74. The number of rotatable bonds is 9. The Hall–Kier alpha value is -2.49. The molecule has 2 nitrogen and oxygen atoms in total. The van der Waals surface area contributed by atoms with Crippen LogP contribution >= 0.6 is 0 Å². The fourth-order valence-electron chi connectivity index (χ4n) is 4.20. The number of hydrogen-bond acceptors (Lipinski definition) is 2. The van der Waals surface area contributed by atoms with E-state index >= 15 is 0 Å². The van der Waals surface area contributed by atoms with Crippen LogP contribution in [0, 0.1) is 0 Å². The second-order valence-corrected chi connectivity index (χ2v) is 13.5. The zero-order valence-electron chi connectivity index (χ0n) is 19.3. The molecule has 0 heterocycles. The average Bonchev–Trinajstić information content (AvgIpc) is 2.79. The average molecular weight is 430 g/mol. The molecule has 0 aliphatic carbocycles. The highest BCUT2D eigenvalue weighted by molar-refractivity contribution is 6.99. The van der Waals surface area contributed by atoms with E-state index in [1.165, 1.54) is 21.6 Å². The van der Waals surface area contributed by atoms with Crippen LogP contribution in [0.25, 0.3) is 0 Å². The Morgan fingerprint density at radius 1 is 0.774 bits per heavy atom. The van der Waals surface area contributed by atoms with Crippen molar-refractivity contribution >= 4 is 24.4 Å². The summed E-state index contributed by atoms with van der Waals surface area (Å²) >= 11 is 0. The molecule has 0 fully saturated rings. The molecule has 0 spiro atoms. The van der Waals surface area contributed by atoms with Crippen LogP contribution in [-0.4, -0.2) is 20.6 Å². The standard InChI is InChI=1S/C28H35NOSi/c1-24(29-23-25-16-8-5-9-17-25)15-14-22-30-31(28(2,3)4,26-18-10-6-11-19-26)27-20-12-7-13-21-27/h5-13,16-21H,14-15,22-23H2,1-4H3. The molecular weight excluding hydrogens is 394 g/mol. The zero-order chi connectivity index (χ0) is 22.2. The highest BCUT2D eigenvalue weighted by atomic mass is 28.4. The van der Waals surface area contributed by atoms with Gasteiger partial charge in [-0.05, 0) is 40.7 Å². The van der Waals surface area contributed by atoms with Crippen molar-refractivity contribution in [3.8, 4) is 0 Å². The van der Waals surface area contributed by atoms with Crippen molar-refractivity contribution in [2.24, 2.45) is 4.99 Å². The van der Waals surface area contributed by atoms with Crippen LogP contribution in [-0.2, 0) is 11.0 Å². The van der Waals surface area contributed by atoms with Crippen molar-refractivity contribution in [3.63, 3.8) is 0 Å². The van der Waals surface area contributed by atoms with E-state index in [1.807, 2.05) is 6.07 Å². The maximum Gasteiger partial charge on any atom is 0.261 e. The summed E-state index contributed by atoms with van der Waals surface area (Å²) in [6, 6.07) is 32.1. The van der Waals surface area contributed by atoms with Gasteiger partial charge in [0.1, 0.15) is 0 Å². The van der Waals surface area contributed by atoms with Gasteiger partial charge in [0.05, 0.1) is 6.54 Å². The molecule has 0 aliphatic rings. The van der Waals surface area contributed by atoms with Crippen LogP contribution in [0.1, 0.15) is 46.1 Å². The van der Waals surface area contributed by atoms with E-state index in [4.69, 9.17) is 9.42 Å². The third kappa shape index (κ3) is 5.81. The monoisotopic (exact) mass is 429 g/mol. The SMILES string of the molecule is CC(CCCO[Si](c1ccccc1)(c1ccccc1)C(C)(C)C)=NCc1ccccc1. The lowest BCUT2D eigenvalue weighted by molar-refractivity contribution is 0.294. The van der Waals surface area contributed by atoms with Gasteiger partial charge in [-0.2, -0.15) is 0 Å². The minimum Gasteiger partial charge on any atom is -0.407 e. The Labute approximate surface area is 189 Å². The molecule has 0 atom stereocenters. The van der Waals surface area contributed by atoms with Gasteiger partial charge in [-0.1, -0.05) is 112 Å². The Morgan fingerprint density at radius 2 is 1.26 bits per heavy atom. The molecule has 0 bridgehead atoms. The van der Waals surface area contributed by atoms with E-state index in [9.17, 15) is 0 Å². The van der Waals surface area contributed by atoms with Crippen molar-refractivity contribution < 1.29 is 4.43 Å². The first-order valence-electron chi connectivity index (χ1n) is 11.2. The summed E-state index contributed by atoms with van der Waals surface area (Å²) in [7, 11) is -2.43. The third-order valence-corrected chi connectivity index (χ3v) is 10.8. The van der Waals surface area contributed by atoms with Crippen LogP contribution in [0.2, 0.25) is 5.04 Å². The molecule has 0 saturated carbocycles. The molecule has 0 N–H and O–H groups in total. The first kappa shape index (κ1) is 23.2. The van der Waals surface area contributed by atoms with Gasteiger partial charge in [-0.3, -0.25) is 4.99 Å². The lowest BCUT2D eigenvalue weighted by Crippen LogP contribution is -2.66. The van der Waals surface area contributed by atoms with E-state index < -0.39 is 8.32 Å². The molecule has 0 amide bonds. The predicted molar refractivity (Wildman–Crippen MR) is 136 cm³/mol. The normalized spacial score (nSPS) is 12.7. The van der Waals surface area contributed by atoms with E-state index in [0.717, 1.165) is 26.0 Å². The number of benzene rings is 3. The summed E-state index contributed by atoms with van der Waals surface area (Å²) in [6.45, 7) is 10.6. The molecule has 3 heteroatoms. The van der Waals surface area contributed by atoms with Gasteiger partial charge in [-0.25, -0.2) is 0 Å². The topological polar surface area (TPSA) is 21.6 Å². The van der Waals surface area contributed by atoms with Crippen molar-refractivity contribution in [1.82, 2.24) is 0 Å². The molecule has 0 unspecified atom stereocenters. The lowest BCUT2D eigenvalue weighted by atomic mass is 10.2. The molecule has 3 aromatic carbocycles. The lowest BCUT2D eigenvalue weighted by Gasteiger charge is -2.43. The van der Waals surface area contributed by atoms with Crippen LogP contribution in [0.5, 0.6) is 0 Å². The molecular formula is C28H35NOSi. The zero-order valence-corrected chi connectivity index (χ0v) is 20.3. The summed E-state index contributed by atoms with van der Waals surface area (Å²) in [5.41, 5.74) is 2.44. The Kier molecular flexibility index (Phi) is 8.00. The number of aliphatic imine (C=N–C) groups is 1. The molecule has 0 saturated heterocycles. The fraction of sp³-hybridized carbons (Fsp3) is 0.321. The molecule has 0 aliphatic heterocycles. The molecule has 3 rings (SSSR count). The first-order valence-corrected chi connectivity index (χ1v) is 13.1. The third-order valence-electron chi connectivity index (χ3n) is 5.79. The number of hydrogen-bond donors (Lipinski definition) is 0. The fourth-order valence-corrected chi connectivity index (χ4v) is 8.81. The maximum absolute atomic E-state index is 6.96. The smallest absolute Gasteiger partial charge is 0.261 e. The van der Waals surface area contributed by atoms with Crippen molar-refractivity contribution in [3.05, 3.63) is 96.6 Å². The van der Waals surface area contributed by atoms with Crippen LogP contribution in [0.15, 0.2) is 96.0 Å². The quantitative estimate of drug-likeness (QED) is 0.232. The van der Waals surface area contributed by atoms with E-state index in [-0.39, 0.29) is 5.04 Å². The van der Waals surface area contributed by atoms with Crippen LogP contribution < -0.4 is 10.4 Å². The summed E-state index contributed by atoms with van der Waals surface area (Å²) in [4.78, 5) is 4.77. The summed E-state index contributed by atoms with van der Waals surface area (Å²) < 4.78 is 6.96. The van der Waals surface area contributed by atoms with Gasteiger partial charge < -0.3 is 4.43 Å². The Morgan fingerprint density at radius 3 is 1.74 bits per heavy atom. The molecule has 162 valence electrons. The maximum atomic E-state index is 6.96. The minimum atomic E-state index is -2.43. The first-order chi connectivity index (χ1) is 14.9. The minimum absolute atomic E-state index is 0.0200. The molecule has 31 heavy (non-hydrogen) atoms. The molecule has 0 aromatic heterocycles. The molecule has 3 aromatic rings. The van der Waals surface area contributed by atoms with Crippen molar-refractivity contribution in [1.29, 1.82) is 0 Å². The van der Waals surface area contributed by atoms with E-state index in [0.29, 0.717) is 0 Å². The van der Waals surface area contributed by atoms with Crippen LogP contribution in [0.4, 0.5) is 0 Å². The Bertz CT molecular complexity index is 907. The van der Waals surface area contributed by atoms with Gasteiger partial charge >= 0.3 is 0 Å². The largest absolute Gasteiger partial charge is 0.407 e. The molecule has 0 radical (unpaired) electrons. The highest BCUT2D eigenvalue weighted by Crippen LogP contribution is 2.36. The predicted octanol–water partition coefficient (Wildman–Crippen LogP) is 6.00. The summed E-state index contributed by atoms with van der Waals surface area (Å²) in [6.07, 6.45) is 1.94. The van der Waals surface area contributed by atoms with Gasteiger partial charge in [0.15, 0.2) is 0 Å². The van der Waals surface area contributed by atoms with Gasteiger partial charge in [0.2, 0.25) is 0 Å². The van der Waals surface area contributed by atoms with E-state index in [1.54, 1.807) is 0 Å². The van der Waals surface area contributed by atoms with Crippen molar-refractivity contribution in [2.75, 3.05) is 6.61 Å². The van der Waals surface area contributed by atoms with E-state index in [2.05, 4.69) is 113 Å². The second kappa shape index (κ2) is 10.7. The highest BCUT2D eigenvalue weighted by Gasteiger charge is 2.49.